The lowest BCUT2D eigenvalue weighted by Crippen LogP contribution is -2.39. The summed E-state index contributed by atoms with van der Waals surface area (Å²) in [6, 6.07) is 0.612. The van der Waals surface area contributed by atoms with Crippen molar-refractivity contribution in [3.8, 4) is 0 Å². The molecule has 0 bridgehead atoms. The molecule has 1 atom stereocenters. The molecule has 0 radical (unpaired) electrons. The van der Waals surface area contributed by atoms with Crippen LogP contribution in [0.2, 0.25) is 0 Å². The van der Waals surface area contributed by atoms with Crippen molar-refractivity contribution in [2.24, 2.45) is 0 Å². The van der Waals surface area contributed by atoms with E-state index < -0.39 is 0 Å². The molecule has 0 aliphatic carbocycles. The van der Waals surface area contributed by atoms with Crippen LogP contribution in [0, 0.1) is 0 Å². The van der Waals surface area contributed by atoms with E-state index >= 15 is 0 Å². The first-order valence-electron chi connectivity index (χ1n) is 4.34. The van der Waals surface area contributed by atoms with Crippen LogP contribution in [0.15, 0.2) is 12.4 Å². The molecule has 1 aliphatic heterocycles. The fourth-order valence-electron chi connectivity index (χ4n) is 1.61. The highest BCUT2D eigenvalue weighted by Crippen LogP contribution is 2.18. The average molecular weight is 154 g/mol. The van der Waals surface area contributed by atoms with Crippen molar-refractivity contribution >= 4 is 0 Å². The van der Waals surface area contributed by atoms with Gasteiger partial charge in [0, 0.05) is 25.5 Å². The van der Waals surface area contributed by atoms with E-state index in [2.05, 4.69) is 50.0 Å². The summed E-state index contributed by atoms with van der Waals surface area (Å²) >= 11 is 0. The van der Waals surface area contributed by atoms with Crippen molar-refractivity contribution in [3.05, 3.63) is 12.4 Å². The highest BCUT2D eigenvalue weighted by Gasteiger charge is 2.22. The van der Waals surface area contributed by atoms with E-state index in [0.717, 1.165) is 0 Å². The first-order valence-corrected chi connectivity index (χ1v) is 4.34. The minimum absolute atomic E-state index is 0.579. The Morgan fingerprint density at radius 1 is 1.36 bits per heavy atom. The third-order valence-electron chi connectivity index (χ3n) is 2.25. The molecule has 64 valence electrons. The van der Waals surface area contributed by atoms with Crippen molar-refractivity contribution in [2.45, 2.75) is 39.4 Å². The SMILES string of the molecule is CCC1N(C)C=CN1C(C)C. The molecule has 0 spiro atoms. The molecule has 11 heavy (non-hydrogen) atoms. The molecule has 0 aromatic carbocycles. The van der Waals surface area contributed by atoms with Crippen LogP contribution in [0.25, 0.3) is 0 Å². The topological polar surface area (TPSA) is 6.48 Å². The molecule has 2 heteroatoms. The summed E-state index contributed by atoms with van der Waals surface area (Å²) in [4.78, 5) is 4.65. The zero-order valence-electron chi connectivity index (χ0n) is 7.91. The van der Waals surface area contributed by atoms with Crippen molar-refractivity contribution in [3.63, 3.8) is 0 Å². The summed E-state index contributed by atoms with van der Waals surface area (Å²) in [5, 5.41) is 0. The maximum atomic E-state index is 2.39. The molecule has 1 aliphatic rings. The van der Waals surface area contributed by atoms with Crippen LogP contribution in [-0.2, 0) is 0 Å². The molecule has 0 saturated heterocycles. The second-order valence-corrected chi connectivity index (χ2v) is 3.39. The van der Waals surface area contributed by atoms with E-state index in [1.54, 1.807) is 0 Å². The van der Waals surface area contributed by atoms with Gasteiger partial charge in [0.15, 0.2) is 0 Å². The maximum absolute atomic E-state index is 2.39. The van der Waals surface area contributed by atoms with E-state index in [4.69, 9.17) is 0 Å². The molecule has 1 heterocycles. The van der Waals surface area contributed by atoms with Gasteiger partial charge in [0.1, 0.15) is 6.17 Å². The molecule has 0 N–H and O–H groups in total. The van der Waals surface area contributed by atoms with Crippen LogP contribution in [0.1, 0.15) is 27.2 Å². The van der Waals surface area contributed by atoms with Crippen LogP contribution in [0.5, 0.6) is 0 Å². The third kappa shape index (κ3) is 1.50. The van der Waals surface area contributed by atoms with Crippen LogP contribution in [0.3, 0.4) is 0 Å². The Bertz CT molecular complexity index is 152. The zero-order valence-corrected chi connectivity index (χ0v) is 7.91. The van der Waals surface area contributed by atoms with E-state index in [0.29, 0.717) is 12.2 Å². The Balaban J connectivity index is 2.61. The summed E-state index contributed by atoms with van der Waals surface area (Å²) in [5.74, 6) is 0. The van der Waals surface area contributed by atoms with Gasteiger partial charge in [0.2, 0.25) is 0 Å². The number of nitrogens with zero attached hydrogens (tertiary/aromatic N) is 2. The van der Waals surface area contributed by atoms with Crippen molar-refractivity contribution in [1.82, 2.24) is 9.80 Å². The first-order chi connectivity index (χ1) is 5.16. The minimum atomic E-state index is 0.579. The van der Waals surface area contributed by atoms with E-state index in [-0.39, 0.29) is 0 Å². The predicted octanol–water partition coefficient (Wildman–Crippen LogP) is 1.85. The van der Waals surface area contributed by atoms with Gasteiger partial charge in [-0.25, -0.2) is 0 Å². The lowest BCUT2D eigenvalue weighted by molar-refractivity contribution is 0.142. The van der Waals surface area contributed by atoms with E-state index in [1.165, 1.54) is 6.42 Å². The fourth-order valence-corrected chi connectivity index (χ4v) is 1.61. The summed E-state index contributed by atoms with van der Waals surface area (Å²) in [6.07, 6.45) is 6.09. The van der Waals surface area contributed by atoms with Gasteiger partial charge in [0.05, 0.1) is 0 Å². The Kier molecular flexibility index (Phi) is 2.42. The Morgan fingerprint density at radius 2 is 2.00 bits per heavy atom. The van der Waals surface area contributed by atoms with Gasteiger partial charge in [-0.15, -0.1) is 0 Å². The second-order valence-electron chi connectivity index (χ2n) is 3.39. The smallest absolute Gasteiger partial charge is 0.100 e. The maximum Gasteiger partial charge on any atom is 0.100 e. The molecule has 1 unspecified atom stereocenters. The number of hydrogen-bond donors (Lipinski definition) is 0. The van der Waals surface area contributed by atoms with E-state index in [9.17, 15) is 0 Å². The van der Waals surface area contributed by atoms with Crippen LogP contribution in [0.4, 0.5) is 0 Å². The third-order valence-corrected chi connectivity index (χ3v) is 2.25. The fraction of sp³-hybridized carbons (Fsp3) is 0.778. The van der Waals surface area contributed by atoms with Gasteiger partial charge in [-0.3, -0.25) is 0 Å². The lowest BCUT2D eigenvalue weighted by atomic mass is 10.2. The van der Waals surface area contributed by atoms with Crippen molar-refractivity contribution in [2.75, 3.05) is 7.05 Å². The molecular formula is C9H18N2. The average Bonchev–Trinajstić information content (AvgIpc) is 2.30. The monoisotopic (exact) mass is 154 g/mol. The largest absolute Gasteiger partial charge is 0.359 e. The van der Waals surface area contributed by atoms with Crippen molar-refractivity contribution in [1.29, 1.82) is 0 Å². The second kappa shape index (κ2) is 3.16. The van der Waals surface area contributed by atoms with Gasteiger partial charge in [-0.2, -0.15) is 0 Å². The summed E-state index contributed by atoms with van der Waals surface area (Å²) in [6.45, 7) is 6.68. The lowest BCUT2D eigenvalue weighted by Gasteiger charge is -2.32. The number of hydrogen-bond acceptors (Lipinski definition) is 2. The van der Waals surface area contributed by atoms with Crippen molar-refractivity contribution < 1.29 is 0 Å². The normalized spacial score (nSPS) is 23.9. The molecule has 0 saturated carbocycles. The quantitative estimate of drug-likeness (QED) is 0.599. The molecule has 0 fully saturated rings. The van der Waals surface area contributed by atoms with Crippen LogP contribution in [-0.4, -0.2) is 29.1 Å². The molecule has 0 aromatic heterocycles. The Labute approximate surface area is 69.5 Å². The Morgan fingerprint density at radius 3 is 2.36 bits per heavy atom. The highest BCUT2D eigenvalue weighted by molar-refractivity contribution is 4.96. The molecule has 0 aromatic rings. The van der Waals surface area contributed by atoms with Gasteiger partial charge in [0.25, 0.3) is 0 Å². The molecular weight excluding hydrogens is 136 g/mol. The van der Waals surface area contributed by atoms with Gasteiger partial charge in [-0.05, 0) is 20.3 Å². The van der Waals surface area contributed by atoms with Gasteiger partial charge >= 0.3 is 0 Å². The van der Waals surface area contributed by atoms with Gasteiger partial charge in [-0.1, -0.05) is 6.92 Å². The molecule has 0 amide bonds. The molecule has 2 nitrogen and oxygen atoms in total. The zero-order chi connectivity index (χ0) is 8.43. The van der Waals surface area contributed by atoms with Crippen LogP contribution < -0.4 is 0 Å². The highest BCUT2D eigenvalue weighted by atomic mass is 15.4. The standard InChI is InChI=1S/C9H18N2/c1-5-9-10(4)6-7-11(9)8(2)3/h6-9H,5H2,1-4H3. The summed E-state index contributed by atoms with van der Waals surface area (Å²) in [5.41, 5.74) is 0. The Hall–Kier alpha value is -0.660. The predicted molar refractivity (Wildman–Crippen MR) is 48.0 cm³/mol. The number of rotatable bonds is 2. The summed E-state index contributed by atoms with van der Waals surface area (Å²) < 4.78 is 0. The molecule has 1 rings (SSSR count). The van der Waals surface area contributed by atoms with E-state index in [1.807, 2.05) is 0 Å². The van der Waals surface area contributed by atoms with Crippen LogP contribution >= 0.6 is 0 Å². The first kappa shape index (κ1) is 8.44. The van der Waals surface area contributed by atoms with Gasteiger partial charge < -0.3 is 9.80 Å². The minimum Gasteiger partial charge on any atom is -0.359 e. The summed E-state index contributed by atoms with van der Waals surface area (Å²) in [7, 11) is 2.13.